The van der Waals surface area contributed by atoms with Gasteiger partial charge in [0.25, 0.3) is 0 Å². The summed E-state index contributed by atoms with van der Waals surface area (Å²) in [7, 11) is -3.05. The van der Waals surface area contributed by atoms with Gasteiger partial charge in [0.05, 0.1) is 37.1 Å². The number of aromatic nitrogens is 1. The highest BCUT2D eigenvalue weighted by Crippen LogP contribution is 2.46. The Hall–Kier alpha value is -3.16. The number of furan rings is 1. The third-order valence-electron chi connectivity index (χ3n) is 6.59. The average Bonchev–Trinajstić information content (AvgIpc) is 3.39. The summed E-state index contributed by atoms with van der Waals surface area (Å²) in [5.41, 5.74) is 8.53. The Morgan fingerprint density at radius 2 is 2.05 bits per heavy atom. The Kier molecular flexibility index (Phi) is 8.07. The fourth-order valence-electron chi connectivity index (χ4n) is 4.55. The van der Waals surface area contributed by atoms with Crippen LogP contribution in [0.3, 0.4) is 0 Å². The number of alkyl halides is 2. The Morgan fingerprint density at radius 1 is 1.25 bits per heavy atom. The molecule has 0 fully saturated rings. The molecule has 3 aromatic rings. The Morgan fingerprint density at radius 3 is 2.83 bits per heavy atom. The Bertz CT molecular complexity index is 1570. The molecule has 9 nitrogen and oxygen atoms in total. The zero-order chi connectivity index (χ0) is 28.4. The number of nitrogens with two attached hydrogens (primary N) is 1. The SMILES string of the molecule is CS(=O)(=O)CCNCc1ccc(-c2cc3c(cn2)NC=NC3(N)C2=CC=CC(F)(Br)C2OCc2ccccc2)o1. The molecule has 0 amide bonds. The number of halogens is 2. The molecule has 0 radical (unpaired) electrons. The Balaban J connectivity index is 1.41. The van der Waals surface area contributed by atoms with Crippen LogP contribution in [0.2, 0.25) is 0 Å². The summed E-state index contributed by atoms with van der Waals surface area (Å²) >= 11 is 3.19. The van der Waals surface area contributed by atoms with Crippen molar-refractivity contribution in [3.63, 3.8) is 0 Å². The number of hydrogen-bond acceptors (Lipinski definition) is 9. The van der Waals surface area contributed by atoms with Crippen LogP contribution in [-0.2, 0) is 33.4 Å². The van der Waals surface area contributed by atoms with Crippen molar-refractivity contribution in [3.8, 4) is 11.5 Å². The van der Waals surface area contributed by atoms with E-state index in [0.717, 1.165) is 5.56 Å². The minimum atomic E-state index is -3.05. The highest BCUT2D eigenvalue weighted by molar-refractivity contribution is 9.10. The lowest BCUT2D eigenvalue weighted by molar-refractivity contribution is 0.00692. The number of pyridine rings is 1. The number of nitrogens with zero attached hydrogens (tertiary/aromatic N) is 2. The third kappa shape index (κ3) is 6.26. The number of nitrogens with one attached hydrogen (secondary N) is 2. The standard InChI is InChI=1S/C28H29BrFN5O4S/c1-40(36,37)13-12-32-15-20-9-10-25(39-20)23-14-22-24(16-33-23)34-18-35-28(22,31)21-8-5-11-27(29,30)26(21)38-17-19-6-3-2-4-7-19/h2-11,14,16,18,26,32H,12-13,15,17,31H2,1H3,(H,34,35). The molecule has 0 saturated carbocycles. The molecule has 3 heterocycles. The summed E-state index contributed by atoms with van der Waals surface area (Å²) in [6.07, 6.45) is 7.92. The predicted molar refractivity (Wildman–Crippen MR) is 156 cm³/mol. The monoisotopic (exact) mass is 629 g/mol. The number of hydrogen-bond donors (Lipinski definition) is 3. The number of aliphatic imine (C=N–C) groups is 1. The van der Waals surface area contributed by atoms with Gasteiger partial charge in [0, 0.05) is 23.9 Å². The lowest BCUT2D eigenvalue weighted by atomic mass is 9.83. The summed E-state index contributed by atoms with van der Waals surface area (Å²) < 4.78 is 48.6. The van der Waals surface area contributed by atoms with Gasteiger partial charge in [-0.15, -0.1) is 0 Å². The number of sulfone groups is 1. The van der Waals surface area contributed by atoms with E-state index in [2.05, 4.69) is 36.5 Å². The second-order valence-electron chi connectivity index (χ2n) is 9.69. The summed E-state index contributed by atoms with van der Waals surface area (Å²) in [5, 5.41) is 6.12. The molecule has 210 valence electrons. The van der Waals surface area contributed by atoms with Gasteiger partial charge in [0.15, 0.2) is 11.4 Å². The van der Waals surface area contributed by atoms with E-state index in [0.29, 0.717) is 47.1 Å². The van der Waals surface area contributed by atoms with Crippen molar-refractivity contribution in [2.75, 3.05) is 23.9 Å². The molecule has 4 N–H and O–H groups in total. The maximum Gasteiger partial charge on any atom is 0.213 e. The second-order valence-corrected chi connectivity index (χ2v) is 13.2. The number of ether oxygens (including phenoxy) is 1. The predicted octanol–water partition coefficient (Wildman–Crippen LogP) is 4.18. The van der Waals surface area contributed by atoms with Crippen LogP contribution in [0.4, 0.5) is 10.1 Å². The normalized spacial score (nSPS) is 23.9. The summed E-state index contributed by atoms with van der Waals surface area (Å²) in [5.74, 6) is 1.15. The van der Waals surface area contributed by atoms with Crippen molar-refractivity contribution < 1.29 is 22.0 Å². The van der Waals surface area contributed by atoms with Crippen LogP contribution in [0, 0.1) is 0 Å². The van der Waals surface area contributed by atoms with Crippen LogP contribution in [0.5, 0.6) is 0 Å². The van der Waals surface area contributed by atoms with Gasteiger partial charge >= 0.3 is 0 Å². The molecule has 0 saturated heterocycles. The number of benzene rings is 1. The van der Waals surface area contributed by atoms with Gasteiger partial charge in [-0.3, -0.25) is 10.7 Å². The van der Waals surface area contributed by atoms with E-state index >= 15 is 4.39 Å². The molecule has 1 aliphatic heterocycles. The summed E-state index contributed by atoms with van der Waals surface area (Å²) in [4.78, 5) is 9.08. The topological polar surface area (TPSA) is 132 Å². The van der Waals surface area contributed by atoms with Crippen molar-refractivity contribution in [1.82, 2.24) is 10.3 Å². The molecule has 3 unspecified atom stereocenters. The van der Waals surface area contributed by atoms with E-state index in [1.807, 2.05) is 30.3 Å². The van der Waals surface area contributed by atoms with E-state index < -0.39 is 26.2 Å². The fraction of sp³-hybridized carbons (Fsp3) is 0.286. The van der Waals surface area contributed by atoms with E-state index in [9.17, 15) is 8.42 Å². The maximum atomic E-state index is 15.8. The fourth-order valence-corrected chi connectivity index (χ4v) is 5.59. The summed E-state index contributed by atoms with van der Waals surface area (Å²) in [6, 6.07) is 14.8. The lowest BCUT2D eigenvalue weighted by Crippen LogP contribution is -2.49. The average molecular weight is 631 g/mol. The first kappa shape index (κ1) is 28.4. The third-order valence-corrected chi connectivity index (χ3v) is 8.22. The number of fused-ring (bicyclic) bond motifs is 1. The molecule has 12 heteroatoms. The van der Waals surface area contributed by atoms with Crippen LogP contribution >= 0.6 is 15.9 Å². The largest absolute Gasteiger partial charge is 0.458 e. The van der Waals surface area contributed by atoms with Crippen molar-refractivity contribution in [1.29, 1.82) is 0 Å². The van der Waals surface area contributed by atoms with Crippen LogP contribution in [0.15, 0.2) is 87.9 Å². The lowest BCUT2D eigenvalue weighted by Gasteiger charge is -2.40. The van der Waals surface area contributed by atoms with E-state index in [1.54, 1.807) is 36.5 Å². The van der Waals surface area contributed by atoms with Crippen molar-refractivity contribution in [3.05, 3.63) is 95.4 Å². The van der Waals surface area contributed by atoms with Crippen LogP contribution in [0.1, 0.15) is 16.9 Å². The first-order valence-corrected chi connectivity index (χ1v) is 15.4. The van der Waals surface area contributed by atoms with Crippen LogP contribution in [-0.4, -0.2) is 49.0 Å². The minimum Gasteiger partial charge on any atom is -0.458 e. The Labute approximate surface area is 240 Å². The first-order valence-electron chi connectivity index (χ1n) is 12.6. The van der Waals surface area contributed by atoms with Gasteiger partial charge in [-0.2, -0.15) is 0 Å². The molecule has 1 aliphatic carbocycles. The van der Waals surface area contributed by atoms with E-state index in [1.165, 1.54) is 18.7 Å². The molecular weight excluding hydrogens is 601 g/mol. The zero-order valence-corrected chi connectivity index (χ0v) is 24.1. The maximum absolute atomic E-state index is 15.8. The van der Waals surface area contributed by atoms with Crippen LogP contribution < -0.4 is 16.4 Å². The van der Waals surface area contributed by atoms with Crippen molar-refractivity contribution in [2.24, 2.45) is 10.7 Å². The van der Waals surface area contributed by atoms with Gasteiger partial charge < -0.3 is 19.8 Å². The van der Waals surface area contributed by atoms with Gasteiger partial charge in [-0.25, -0.2) is 17.8 Å². The molecule has 0 bridgehead atoms. The highest BCUT2D eigenvalue weighted by atomic mass is 79.9. The zero-order valence-electron chi connectivity index (χ0n) is 21.7. The number of allylic oxidation sites excluding steroid dienone is 2. The van der Waals surface area contributed by atoms with Gasteiger partial charge in [0.2, 0.25) is 4.58 Å². The van der Waals surface area contributed by atoms with Gasteiger partial charge in [0.1, 0.15) is 27.4 Å². The quantitative estimate of drug-likeness (QED) is 0.225. The van der Waals surface area contributed by atoms with E-state index in [4.69, 9.17) is 14.9 Å². The number of anilines is 1. The summed E-state index contributed by atoms with van der Waals surface area (Å²) in [6.45, 7) is 0.844. The first-order chi connectivity index (χ1) is 19.1. The highest BCUT2D eigenvalue weighted by Gasteiger charge is 2.48. The van der Waals surface area contributed by atoms with Gasteiger partial charge in [-0.1, -0.05) is 42.5 Å². The molecule has 0 spiro atoms. The molecule has 2 aliphatic rings. The van der Waals surface area contributed by atoms with Gasteiger partial charge in [-0.05, 0) is 45.8 Å². The van der Waals surface area contributed by atoms with E-state index in [-0.39, 0.29) is 12.4 Å². The second kappa shape index (κ2) is 11.4. The van der Waals surface area contributed by atoms with Crippen molar-refractivity contribution >= 4 is 37.8 Å². The molecule has 1 aromatic carbocycles. The molecule has 5 rings (SSSR count). The molecule has 3 atom stereocenters. The molecular formula is C28H29BrFN5O4S. The minimum absolute atomic E-state index is 0.0364. The smallest absolute Gasteiger partial charge is 0.213 e. The number of rotatable bonds is 10. The van der Waals surface area contributed by atoms with Crippen molar-refractivity contribution in [2.45, 2.75) is 29.5 Å². The molecule has 2 aromatic heterocycles. The molecule has 40 heavy (non-hydrogen) atoms. The van der Waals surface area contributed by atoms with Crippen LogP contribution in [0.25, 0.3) is 11.5 Å².